The van der Waals surface area contributed by atoms with E-state index < -0.39 is 0 Å². The van der Waals surface area contributed by atoms with Gasteiger partial charge in [-0.15, -0.1) is 0 Å². The van der Waals surface area contributed by atoms with Crippen molar-refractivity contribution in [2.24, 2.45) is 5.92 Å². The van der Waals surface area contributed by atoms with E-state index in [1.165, 1.54) is 44.9 Å². The van der Waals surface area contributed by atoms with Gasteiger partial charge in [-0.1, -0.05) is 32.6 Å². The van der Waals surface area contributed by atoms with Crippen molar-refractivity contribution in [1.29, 1.82) is 0 Å². The van der Waals surface area contributed by atoms with Gasteiger partial charge in [0, 0.05) is 11.7 Å². The molecule has 114 valence electrons. The average molecular weight is 287 g/mol. The summed E-state index contributed by atoms with van der Waals surface area (Å²) in [7, 11) is 0. The van der Waals surface area contributed by atoms with E-state index in [-0.39, 0.29) is 5.69 Å². The highest BCUT2D eigenvalue weighted by Gasteiger charge is 2.18. The molecular formula is C17H25N3O. The lowest BCUT2D eigenvalue weighted by Gasteiger charge is -2.18. The van der Waals surface area contributed by atoms with Gasteiger partial charge in [0.2, 0.25) is 0 Å². The van der Waals surface area contributed by atoms with Gasteiger partial charge < -0.3 is 15.3 Å². The molecule has 4 nitrogen and oxygen atoms in total. The highest BCUT2D eigenvalue weighted by Crippen LogP contribution is 2.28. The molecule has 2 unspecified atom stereocenters. The van der Waals surface area contributed by atoms with Crippen LogP contribution in [0.15, 0.2) is 23.0 Å². The predicted molar refractivity (Wildman–Crippen MR) is 87.8 cm³/mol. The van der Waals surface area contributed by atoms with Crippen LogP contribution in [0.2, 0.25) is 0 Å². The monoisotopic (exact) mass is 287 g/mol. The molecule has 1 aromatic carbocycles. The molecule has 0 amide bonds. The van der Waals surface area contributed by atoms with Crippen molar-refractivity contribution < 1.29 is 0 Å². The second-order valence-corrected chi connectivity index (χ2v) is 6.34. The van der Waals surface area contributed by atoms with E-state index in [2.05, 4.69) is 28.3 Å². The summed E-state index contributed by atoms with van der Waals surface area (Å²) in [5, 5.41) is 3.65. The zero-order chi connectivity index (χ0) is 14.7. The molecule has 1 aromatic heterocycles. The average Bonchev–Trinajstić information content (AvgIpc) is 2.69. The van der Waals surface area contributed by atoms with Gasteiger partial charge in [0.05, 0.1) is 11.0 Å². The Morgan fingerprint density at radius 2 is 2.00 bits per heavy atom. The van der Waals surface area contributed by atoms with Crippen LogP contribution >= 0.6 is 0 Å². The molecule has 1 fully saturated rings. The van der Waals surface area contributed by atoms with Crippen molar-refractivity contribution in [1.82, 2.24) is 9.97 Å². The van der Waals surface area contributed by atoms with Crippen molar-refractivity contribution in [2.75, 3.05) is 5.32 Å². The summed E-state index contributed by atoms with van der Waals surface area (Å²) in [6.45, 7) is 2.29. The van der Waals surface area contributed by atoms with E-state index in [0.29, 0.717) is 6.04 Å². The minimum atomic E-state index is -0.140. The Bertz CT molecular complexity index is 643. The second-order valence-electron chi connectivity index (χ2n) is 6.34. The molecule has 1 aliphatic rings. The highest BCUT2D eigenvalue weighted by atomic mass is 16.1. The number of rotatable bonds is 4. The number of hydrogen-bond donors (Lipinski definition) is 3. The topological polar surface area (TPSA) is 60.7 Å². The molecule has 1 saturated carbocycles. The normalized spacial score (nSPS) is 23.1. The summed E-state index contributed by atoms with van der Waals surface area (Å²) < 4.78 is 0. The fourth-order valence-corrected chi connectivity index (χ4v) is 3.58. The Morgan fingerprint density at radius 3 is 2.86 bits per heavy atom. The van der Waals surface area contributed by atoms with Gasteiger partial charge in [0.25, 0.3) is 0 Å². The number of aromatic amines is 2. The summed E-state index contributed by atoms with van der Waals surface area (Å²) in [5.74, 6) is 0.922. The largest absolute Gasteiger partial charge is 0.382 e. The van der Waals surface area contributed by atoms with Gasteiger partial charge in [-0.2, -0.15) is 0 Å². The SMILES string of the molecule is CCCC1CCCC(Nc2ccc3[nH]c(=O)[nH]c3c2)CC1. The first kappa shape index (κ1) is 14.2. The zero-order valence-electron chi connectivity index (χ0n) is 12.7. The van der Waals surface area contributed by atoms with Gasteiger partial charge in [-0.05, 0) is 43.4 Å². The quantitative estimate of drug-likeness (QED) is 0.744. The van der Waals surface area contributed by atoms with Crippen molar-refractivity contribution in [3.05, 3.63) is 28.7 Å². The molecule has 3 rings (SSSR count). The van der Waals surface area contributed by atoms with Crippen LogP contribution in [0, 0.1) is 5.92 Å². The Labute approximate surface area is 125 Å². The maximum atomic E-state index is 11.3. The third-order valence-corrected chi connectivity index (χ3v) is 4.67. The van der Waals surface area contributed by atoms with Crippen molar-refractivity contribution >= 4 is 16.7 Å². The number of hydrogen-bond acceptors (Lipinski definition) is 2. The summed E-state index contributed by atoms with van der Waals surface area (Å²) in [4.78, 5) is 16.9. The highest BCUT2D eigenvalue weighted by molar-refractivity contribution is 5.78. The molecule has 0 radical (unpaired) electrons. The first-order chi connectivity index (χ1) is 10.2. The summed E-state index contributed by atoms with van der Waals surface area (Å²) in [6, 6.07) is 6.61. The fourth-order valence-electron chi connectivity index (χ4n) is 3.58. The van der Waals surface area contributed by atoms with Gasteiger partial charge in [-0.3, -0.25) is 0 Å². The van der Waals surface area contributed by atoms with E-state index in [4.69, 9.17) is 0 Å². The predicted octanol–water partition coefficient (Wildman–Crippen LogP) is 4.02. The number of aromatic nitrogens is 2. The number of fused-ring (bicyclic) bond motifs is 1. The molecule has 2 aromatic rings. The zero-order valence-corrected chi connectivity index (χ0v) is 12.7. The molecule has 2 atom stereocenters. The Morgan fingerprint density at radius 1 is 1.14 bits per heavy atom. The lowest BCUT2D eigenvalue weighted by molar-refractivity contribution is 0.422. The maximum absolute atomic E-state index is 11.3. The van der Waals surface area contributed by atoms with Crippen LogP contribution in [0.4, 0.5) is 5.69 Å². The second kappa shape index (κ2) is 6.37. The molecule has 0 saturated heterocycles. The number of benzene rings is 1. The van der Waals surface area contributed by atoms with Crippen LogP contribution in [0.1, 0.15) is 51.9 Å². The third-order valence-electron chi connectivity index (χ3n) is 4.67. The summed E-state index contributed by atoms with van der Waals surface area (Å²) >= 11 is 0. The fraction of sp³-hybridized carbons (Fsp3) is 0.588. The summed E-state index contributed by atoms with van der Waals surface area (Å²) in [6.07, 6.45) is 9.24. The number of H-pyrrole nitrogens is 2. The van der Waals surface area contributed by atoms with Crippen LogP contribution in [0.3, 0.4) is 0 Å². The molecule has 0 spiro atoms. The molecule has 1 aliphatic carbocycles. The number of anilines is 1. The minimum absolute atomic E-state index is 0.140. The molecule has 4 heteroatoms. The van der Waals surface area contributed by atoms with Gasteiger partial charge in [0.15, 0.2) is 0 Å². The van der Waals surface area contributed by atoms with Crippen molar-refractivity contribution in [2.45, 2.75) is 57.9 Å². The van der Waals surface area contributed by atoms with Crippen LogP contribution in [-0.2, 0) is 0 Å². The van der Waals surface area contributed by atoms with Gasteiger partial charge in [-0.25, -0.2) is 4.79 Å². The van der Waals surface area contributed by atoms with E-state index >= 15 is 0 Å². The lowest BCUT2D eigenvalue weighted by Crippen LogP contribution is -2.18. The van der Waals surface area contributed by atoms with Crippen LogP contribution in [-0.4, -0.2) is 16.0 Å². The standard InChI is InChI=1S/C17H25N3O/c1-2-4-12-5-3-6-13(8-7-12)18-14-9-10-15-16(11-14)20-17(21)19-15/h9-13,18H,2-8H2,1H3,(H2,19,20,21). The van der Waals surface area contributed by atoms with Gasteiger partial charge >= 0.3 is 5.69 Å². The van der Waals surface area contributed by atoms with E-state index in [0.717, 1.165) is 22.6 Å². The Balaban J connectivity index is 1.65. The number of nitrogens with one attached hydrogen (secondary N) is 3. The first-order valence-corrected chi connectivity index (χ1v) is 8.23. The first-order valence-electron chi connectivity index (χ1n) is 8.23. The van der Waals surface area contributed by atoms with Crippen molar-refractivity contribution in [3.8, 4) is 0 Å². The summed E-state index contributed by atoms with van der Waals surface area (Å²) in [5.41, 5.74) is 2.72. The smallest absolute Gasteiger partial charge is 0.323 e. The molecule has 1 heterocycles. The van der Waals surface area contributed by atoms with Crippen LogP contribution in [0.25, 0.3) is 11.0 Å². The van der Waals surface area contributed by atoms with Crippen LogP contribution in [0.5, 0.6) is 0 Å². The number of imidazole rings is 1. The van der Waals surface area contributed by atoms with E-state index in [9.17, 15) is 4.79 Å². The van der Waals surface area contributed by atoms with E-state index in [1.54, 1.807) is 0 Å². The minimum Gasteiger partial charge on any atom is -0.382 e. The van der Waals surface area contributed by atoms with Gasteiger partial charge in [0.1, 0.15) is 0 Å². The maximum Gasteiger partial charge on any atom is 0.323 e. The molecule has 3 N–H and O–H groups in total. The van der Waals surface area contributed by atoms with Crippen molar-refractivity contribution in [3.63, 3.8) is 0 Å². The third kappa shape index (κ3) is 3.49. The Hall–Kier alpha value is -1.71. The molecule has 21 heavy (non-hydrogen) atoms. The molecule has 0 aliphatic heterocycles. The molecular weight excluding hydrogens is 262 g/mol. The van der Waals surface area contributed by atoms with E-state index in [1.807, 2.05) is 12.1 Å². The lowest BCUT2D eigenvalue weighted by atomic mass is 9.95. The van der Waals surface area contributed by atoms with Crippen LogP contribution < -0.4 is 11.0 Å². The molecule has 0 bridgehead atoms. The Kier molecular flexibility index (Phi) is 4.32.